The fourth-order valence-electron chi connectivity index (χ4n) is 1.09. The minimum absolute atomic E-state index is 0.0450. The Morgan fingerprint density at radius 3 is 2.31 bits per heavy atom. The molecule has 0 bridgehead atoms. The predicted molar refractivity (Wildman–Crippen MR) is 60.7 cm³/mol. The molecule has 16 heavy (non-hydrogen) atoms. The molecule has 0 amide bonds. The van der Waals surface area contributed by atoms with E-state index in [4.69, 9.17) is 5.41 Å². The first-order valence-electron chi connectivity index (χ1n) is 5.05. The Morgan fingerprint density at radius 1 is 1.25 bits per heavy atom. The summed E-state index contributed by atoms with van der Waals surface area (Å²) in [5.41, 5.74) is -0.660. The molecule has 0 aromatic rings. The molecule has 0 rings (SSSR count). The molecule has 0 unspecified atom stereocenters. The second kappa shape index (κ2) is 7.04. The first-order chi connectivity index (χ1) is 7.43. The third-order valence-corrected chi connectivity index (χ3v) is 1.92. The van der Waals surface area contributed by atoms with Crippen molar-refractivity contribution in [1.82, 2.24) is 0 Å². The van der Waals surface area contributed by atoms with E-state index >= 15 is 0 Å². The first kappa shape index (κ1) is 14.7. The Morgan fingerprint density at radius 2 is 1.88 bits per heavy atom. The SMILES string of the molecule is CCC\C=C/C=C(\C(C)=C\C=N)C(F)(F)F. The van der Waals surface area contributed by atoms with E-state index in [0.29, 0.717) is 0 Å². The van der Waals surface area contributed by atoms with Gasteiger partial charge in [0.05, 0.1) is 5.57 Å². The molecule has 0 aromatic heterocycles. The van der Waals surface area contributed by atoms with Gasteiger partial charge in [-0.2, -0.15) is 13.2 Å². The molecule has 0 saturated carbocycles. The van der Waals surface area contributed by atoms with Gasteiger partial charge in [-0.25, -0.2) is 0 Å². The molecule has 0 aliphatic rings. The highest BCUT2D eigenvalue weighted by Crippen LogP contribution is 2.30. The average Bonchev–Trinajstić information content (AvgIpc) is 2.16. The topological polar surface area (TPSA) is 23.9 Å². The van der Waals surface area contributed by atoms with Gasteiger partial charge in [-0.05, 0) is 25.0 Å². The lowest BCUT2D eigenvalue weighted by Crippen LogP contribution is -2.12. The summed E-state index contributed by atoms with van der Waals surface area (Å²) in [6.45, 7) is 3.30. The van der Waals surface area contributed by atoms with Crippen molar-refractivity contribution < 1.29 is 13.2 Å². The van der Waals surface area contributed by atoms with Crippen molar-refractivity contribution in [2.24, 2.45) is 0 Å². The zero-order chi connectivity index (χ0) is 12.6. The molecule has 1 N–H and O–H groups in total. The number of alkyl halides is 3. The largest absolute Gasteiger partial charge is 0.416 e. The second-order valence-electron chi connectivity index (χ2n) is 3.31. The molecule has 0 aliphatic carbocycles. The summed E-state index contributed by atoms with van der Waals surface area (Å²) < 4.78 is 37.8. The molecule has 0 aliphatic heterocycles. The monoisotopic (exact) mass is 231 g/mol. The number of nitrogens with one attached hydrogen (secondary N) is 1. The van der Waals surface area contributed by atoms with E-state index in [9.17, 15) is 13.2 Å². The normalized spacial score (nSPS) is 14.6. The van der Waals surface area contributed by atoms with Crippen molar-refractivity contribution in [3.63, 3.8) is 0 Å². The van der Waals surface area contributed by atoms with Crippen molar-refractivity contribution >= 4 is 6.21 Å². The summed E-state index contributed by atoms with van der Waals surface area (Å²) in [4.78, 5) is 0. The summed E-state index contributed by atoms with van der Waals surface area (Å²) in [5, 5.41) is 6.76. The molecule has 0 aromatic carbocycles. The van der Waals surface area contributed by atoms with E-state index in [-0.39, 0.29) is 5.57 Å². The Kier molecular flexibility index (Phi) is 6.46. The number of unbranched alkanes of at least 4 members (excludes halogenated alkanes) is 1. The van der Waals surface area contributed by atoms with E-state index < -0.39 is 11.7 Å². The molecule has 0 spiro atoms. The number of allylic oxidation sites excluding steroid dienone is 6. The maximum atomic E-state index is 12.6. The van der Waals surface area contributed by atoms with Crippen molar-refractivity contribution in [3.8, 4) is 0 Å². The third-order valence-electron chi connectivity index (χ3n) is 1.92. The van der Waals surface area contributed by atoms with Crippen molar-refractivity contribution in [3.05, 3.63) is 35.5 Å². The van der Waals surface area contributed by atoms with Crippen LogP contribution in [0.25, 0.3) is 0 Å². The fourth-order valence-corrected chi connectivity index (χ4v) is 1.09. The van der Waals surface area contributed by atoms with E-state index in [1.54, 1.807) is 6.08 Å². The van der Waals surface area contributed by atoms with Crippen LogP contribution < -0.4 is 0 Å². The molecular weight excluding hydrogens is 215 g/mol. The summed E-state index contributed by atoms with van der Waals surface area (Å²) in [7, 11) is 0. The van der Waals surface area contributed by atoms with Crippen LogP contribution in [0.2, 0.25) is 0 Å². The molecule has 0 saturated heterocycles. The smallest absolute Gasteiger partial charge is 0.309 e. The Labute approximate surface area is 93.9 Å². The summed E-state index contributed by atoms with van der Waals surface area (Å²) in [6, 6.07) is 0. The lowest BCUT2D eigenvalue weighted by Gasteiger charge is -2.10. The van der Waals surface area contributed by atoms with Gasteiger partial charge in [-0.15, -0.1) is 0 Å². The van der Waals surface area contributed by atoms with E-state index in [1.165, 1.54) is 13.0 Å². The van der Waals surface area contributed by atoms with Crippen molar-refractivity contribution in [1.29, 1.82) is 5.41 Å². The summed E-state index contributed by atoms with van der Waals surface area (Å²) in [5.74, 6) is 0. The van der Waals surface area contributed by atoms with Gasteiger partial charge in [0.1, 0.15) is 0 Å². The van der Waals surface area contributed by atoms with Crippen LogP contribution in [0.1, 0.15) is 26.7 Å². The first-order valence-corrected chi connectivity index (χ1v) is 5.05. The number of hydrogen-bond acceptors (Lipinski definition) is 1. The molecule has 4 heteroatoms. The fraction of sp³-hybridized carbons (Fsp3) is 0.417. The van der Waals surface area contributed by atoms with Gasteiger partial charge in [0, 0.05) is 6.21 Å². The van der Waals surface area contributed by atoms with Gasteiger partial charge in [0.2, 0.25) is 0 Å². The molecule has 90 valence electrons. The highest BCUT2D eigenvalue weighted by molar-refractivity contribution is 5.70. The highest BCUT2D eigenvalue weighted by atomic mass is 19.4. The molecule has 0 radical (unpaired) electrons. The van der Waals surface area contributed by atoms with E-state index in [1.807, 2.05) is 6.92 Å². The number of hydrogen-bond donors (Lipinski definition) is 1. The minimum Gasteiger partial charge on any atom is -0.309 e. The summed E-state index contributed by atoms with van der Waals surface area (Å²) in [6.07, 6.45) is 3.43. The Balaban J connectivity index is 4.96. The quantitative estimate of drug-likeness (QED) is 0.534. The molecule has 0 fully saturated rings. The maximum Gasteiger partial charge on any atom is 0.416 e. The van der Waals surface area contributed by atoms with Crippen molar-refractivity contribution in [2.45, 2.75) is 32.9 Å². The van der Waals surface area contributed by atoms with Gasteiger partial charge < -0.3 is 5.41 Å². The molecule has 0 heterocycles. The average molecular weight is 231 g/mol. The van der Waals surface area contributed by atoms with Gasteiger partial charge >= 0.3 is 6.18 Å². The number of halogens is 3. The molecule has 1 nitrogen and oxygen atoms in total. The van der Waals surface area contributed by atoms with Gasteiger partial charge in [-0.1, -0.05) is 31.6 Å². The second-order valence-corrected chi connectivity index (χ2v) is 3.31. The molecular formula is C12H16F3N. The van der Waals surface area contributed by atoms with E-state index in [2.05, 4.69) is 0 Å². The standard InChI is InChI=1S/C12H16F3N/c1-3-4-5-6-7-11(12(13,14)15)10(2)8-9-16/h5-9,16H,3-4H2,1-2H3/b6-5-,10-8+,11-7+,16-9?. The van der Waals surface area contributed by atoms with Gasteiger partial charge in [0.15, 0.2) is 0 Å². The van der Waals surface area contributed by atoms with E-state index in [0.717, 1.165) is 31.2 Å². The Bertz CT molecular complexity index is 309. The lowest BCUT2D eigenvalue weighted by molar-refractivity contribution is -0.0892. The van der Waals surface area contributed by atoms with Gasteiger partial charge in [0.25, 0.3) is 0 Å². The lowest BCUT2D eigenvalue weighted by atomic mass is 10.1. The zero-order valence-corrected chi connectivity index (χ0v) is 9.43. The van der Waals surface area contributed by atoms with Gasteiger partial charge in [-0.3, -0.25) is 0 Å². The van der Waals surface area contributed by atoms with Crippen LogP contribution in [0.3, 0.4) is 0 Å². The maximum absolute atomic E-state index is 12.6. The third kappa shape index (κ3) is 5.53. The van der Waals surface area contributed by atoms with Crippen LogP contribution in [0.4, 0.5) is 13.2 Å². The van der Waals surface area contributed by atoms with Crippen LogP contribution >= 0.6 is 0 Å². The van der Waals surface area contributed by atoms with Crippen LogP contribution in [0.5, 0.6) is 0 Å². The Hall–Kier alpha value is -1.32. The van der Waals surface area contributed by atoms with Crippen molar-refractivity contribution in [2.75, 3.05) is 0 Å². The zero-order valence-electron chi connectivity index (χ0n) is 9.43. The van der Waals surface area contributed by atoms with Crippen LogP contribution in [0.15, 0.2) is 35.5 Å². The highest BCUT2D eigenvalue weighted by Gasteiger charge is 2.33. The van der Waals surface area contributed by atoms with Crippen LogP contribution in [-0.4, -0.2) is 12.4 Å². The van der Waals surface area contributed by atoms with Crippen LogP contribution in [0, 0.1) is 5.41 Å². The molecule has 0 atom stereocenters. The van der Waals surface area contributed by atoms with Crippen LogP contribution in [-0.2, 0) is 0 Å². The predicted octanol–water partition coefficient (Wildman–Crippen LogP) is 4.43. The number of rotatable bonds is 5. The summed E-state index contributed by atoms with van der Waals surface area (Å²) >= 11 is 0. The minimum atomic E-state index is -4.37.